The molecule has 3 aromatic rings. The van der Waals surface area contributed by atoms with Gasteiger partial charge in [0.05, 0.1) is 42.9 Å². The van der Waals surface area contributed by atoms with Crippen LogP contribution in [0.15, 0.2) is 35.1 Å². The molecule has 0 saturated carbocycles. The van der Waals surface area contributed by atoms with Crippen molar-refractivity contribution < 1.29 is 24.0 Å². The summed E-state index contributed by atoms with van der Waals surface area (Å²) in [5, 5.41) is 12.9. The van der Waals surface area contributed by atoms with E-state index in [1.54, 1.807) is 30.5 Å². The lowest BCUT2D eigenvalue weighted by atomic mass is 10.0. The molecule has 2 N–H and O–H groups in total. The van der Waals surface area contributed by atoms with Crippen molar-refractivity contribution in [2.75, 3.05) is 18.6 Å². The predicted octanol–water partition coefficient (Wildman–Crippen LogP) is 1.91. The quantitative estimate of drug-likeness (QED) is 0.577. The van der Waals surface area contributed by atoms with Crippen LogP contribution in [0.5, 0.6) is 5.75 Å². The largest absolute Gasteiger partial charge is 0.497 e. The Balaban J connectivity index is 1.57. The number of hydrogen-bond acceptors (Lipinski definition) is 8. The Labute approximate surface area is 175 Å². The molecule has 1 aromatic carbocycles. The van der Waals surface area contributed by atoms with Crippen LogP contribution in [0.4, 0.5) is 0 Å². The van der Waals surface area contributed by atoms with E-state index < -0.39 is 12.0 Å². The number of thioether (sulfide) groups is 1. The van der Waals surface area contributed by atoms with Crippen LogP contribution in [0.1, 0.15) is 23.3 Å². The number of methoxy groups -OCH3 is 1. The van der Waals surface area contributed by atoms with Gasteiger partial charge in [0.2, 0.25) is 17.6 Å². The van der Waals surface area contributed by atoms with Crippen LogP contribution in [0, 0.1) is 0 Å². The summed E-state index contributed by atoms with van der Waals surface area (Å²) >= 11 is 1.05. The second-order valence-electron chi connectivity index (χ2n) is 6.64. The second-order valence-corrected chi connectivity index (χ2v) is 7.63. The molecule has 0 fully saturated rings. The molecule has 1 amide bonds. The Morgan fingerprint density at radius 1 is 1.33 bits per heavy atom. The van der Waals surface area contributed by atoms with Gasteiger partial charge in [0.25, 0.3) is 0 Å². The van der Waals surface area contributed by atoms with Crippen LogP contribution >= 0.6 is 11.8 Å². The number of carboxylic acids is 1. The van der Waals surface area contributed by atoms with Crippen molar-refractivity contribution in [1.82, 2.24) is 25.0 Å². The lowest BCUT2D eigenvalue weighted by Crippen LogP contribution is -2.40. The first-order chi connectivity index (χ1) is 14.5. The molecule has 30 heavy (non-hydrogen) atoms. The first-order valence-corrected chi connectivity index (χ1v) is 10.3. The zero-order chi connectivity index (χ0) is 21.1. The Bertz CT molecular complexity index is 1050. The van der Waals surface area contributed by atoms with E-state index in [9.17, 15) is 9.59 Å². The average molecular weight is 429 g/mol. The van der Waals surface area contributed by atoms with Crippen LogP contribution in [0.3, 0.4) is 0 Å². The van der Waals surface area contributed by atoms with E-state index in [4.69, 9.17) is 14.4 Å². The number of aromatic amines is 1. The molecule has 1 aliphatic rings. The maximum atomic E-state index is 12.8. The van der Waals surface area contributed by atoms with Gasteiger partial charge in [-0.2, -0.15) is 4.98 Å². The topological polar surface area (TPSA) is 134 Å². The fraction of sp³-hybridized carbons (Fsp3) is 0.316. The molecular formula is C19H19N5O5S. The van der Waals surface area contributed by atoms with Crippen molar-refractivity contribution in [3.63, 3.8) is 0 Å². The fourth-order valence-corrected chi connectivity index (χ4v) is 3.87. The van der Waals surface area contributed by atoms with Crippen molar-refractivity contribution in [2.24, 2.45) is 0 Å². The molecule has 1 aliphatic heterocycles. The number of H-pyrrole nitrogens is 1. The number of ether oxygens (including phenoxy) is 1. The zero-order valence-electron chi connectivity index (χ0n) is 16.1. The number of carbonyl (C=O) groups excluding carboxylic acids is 1. The van der Waals surface area contributed by atoms with Crippen LogP contribution in [0.25, 0.3) is 11.4 Å². The predicted molar refractivity (Wildman–Crippen MR) is 107 cm³/mol. The van der Waals surface area contributed by atoms with Crippen LogP contribution in [0.2, 0.25) is 0 Å². The smallest absolute Gasteiger partial charge is 0.313 e. The van der Waals surface area contributed by atoms with Gasteiger partial charge in [-0.1, -0.05) is 5.16 Å². The third kappa shape index (κ3) is 4.15. The van der Waals surface area contributed by atoms with Gasteiger partial charge >= 0.3 is 5.97 Å². The number of rotatable bonds is 7. The van der Waals surface area contributed by atoms with Gasteiger partial charge in [0.15, 0.2) is 0 Å². The minimum Gasteiger partial charge on any atom is -0.497 e. The minimum absolute atomic E-state index is 0.0474. The molecule has 156 valence electrons. The lowest BCUT2D eigenvalue weighted by molar-refractivity contribution is -0.134. The number of amides is 1. The lowest BCUT2D eigenvalue weighted by Gasteiger charge is -2.32. The second kappa shape index (κ2) is 8.57. The molecular weight excluding hydrogens is 410 g/mol. The van der Waals surface area contributed by atoms with E-state index in [1.807, 2.05) is 12.1 Å². The van der Waals surface area contributed by atoms with E-state index in [1.165, 1.54) is 0 Å². The number of benzene rings is 1. The molecule has 0 saturated heterocycles. The maximum absolute atomic E-state index is 12.8. The molecule has 11 heteroatoms. The number of nitrogens with zero attached hydrogens (tertiary/aromatic N) is 4. The van der Waals surface area contributed by atoms with E-state index in [0.717, 1.165) is 34.5 Å². The molecule has 2 aromatic heterocycles. The Morgan fingerprint density at radius 3 is 2.87 bits per heavy atom. The number of aliphatic carboxylic acids is 1. The van der Waals surface area contributed by atoms with E-state index in [0.29, 0.717) is 24.7 Å². The number of hydrogen-bond donors (Lipinski definition) is 2. The van der Waals surface area contributed by atoms with Crippen LogP contribution < -0.4 is 4.74 Å². The Hall–Kier alpha value is -3.34. The van der Waals surface area contributed by atoms with Crippen LogP contribution in [-0.4, -0.2) is 60.6 Å². The molecule has 0 radical (unpaired) electrons. The molecule has 1 unspecified atom stereocenters. The maximum Gasteiger partial charge on any atom is 0.313 e. The van der Waals surface area contributed by atoms with Crippen molar-refractivity contribution in [3.05, 3.63) is 47.9 Å². The fourth-order valence-electron chi connectivity index (χ4n) is 3.26. The van der Waals surface area contributed by atoms with Gasteiger partial charge in [-0.3, -0.25) is 9.59 Å². The Kier molecular flexibility index (Phi) is 5.70. The van der Waals surface area contributed by atoms with E-state index in [2.05, 4.69) is 20.1 Å². The monoisotopic (exact) mass is 429 g/mol. The van der Waals surface area contributed by atoms with Crippen molar-refractivity contribution in [1.29, 1.82) is 0 Å². The highest BCUT2D eigenvalue weighted by atomic mass is 32.2. The summed E-state index contributed by atoms with van der Waals surface area (Å²) in [6.45, 7) is 0.312. The van der Waals surface area contributed by atoms with Gasteiger partial charge < -0.3 is 24.3 Å². The SMILES string of the molecule is COc1ccc(-c2noc(C3Cc4nc[nH]c4CN3C(=O)CSCC(=O)O)n2)cc1. The molecule has 1 atom stereocenters. The van der Waals surface area contributed by atoms with E-state index in [-0.39, 0.29) is 17.4 Å². The highest BCUT2D eigenvalue weighted by molar-refractivity contribution is 8.00. The van der Waals surface area contributed by atoms with Gasteiger partial charge in [-0.05, 0) is 24.3 Å². The van der Waals surface area contributed by atoms with Crippen molar-refractivity contribution in [2.45, 2.75) is 19.0 Å². The summed E-state index contributed by atoms with van der Waals surface area (Å²) in [7, 11) is 1.59. The summed E-state index contributed by atoms with van der Waals surface area (Å²) in [4.78, 5) is 37.1. The number of nitrogens with one attached hydrogen (secondary N) is 1. The molecule has 0 aliphatic carbocycles. The van der Waals surface area contributed by atoms with Gasteiger partial charge in [0, 0.05) is 12.0 Å². The zero-order valence-corrected chi connectivity index (χ0v) is 16.9. The van der Waals surface area contributed by atoms with Gasteiger partial charge in [-0.15, -0.1) is 11.8 Å². The molecule has 0 bridgehead atoms. The number of imidazole rings is 1. The van der Waals surface area contributed by atoms with Gasteiger partial charge in [0.1, 0.15) is 11.8 Å². The third-order valence-corrected chi connectivity index (χ3v) is 5.65. The standard InChI is InChI=1S/C19H19N5O5S/c1-28-12-4-2-11(3-5-12)18-22-19(29-23-18)15-6-13-14(21-10-20-13)7-24(15)16(25)8-30-9-17(26)27/h2-5,10,15H,6-9H2,1H3,(H,20,21)(H,26,27). The number of carbonyl (C=O) groups is 2. The first kappa shape index (κ1) is 20.0. The molecule has 0 spiro atoms. The Morgan fingerprint density at radius 2 is 2.13 bits per heavy atom. The minimum atomic E-state index is -0.958. The van der Waals surface area contributed by atoms with Gasteiger partial charge in [-0.25, -0.2) is 4.98 Å². The number of aromatic nitrogens is 4. The third-order valence-electron chi connectivity index (χ3n) is 4.75. The summed E-state index contributed by atoms with van der Waals surface area (Å²) in [5.41, 5.74) is 2.45. The van der Waals surface area contributed by atoms with Crippen LogP contribution in [-0.2, 0) is 22.6 Å². The molecule has 4 rings (SSSR count). The number of carboxylic acid groups (broad SMARTS) is 1. The normalized spacial score (nSPS) is 15.6. The highest BCUT2D eigenvalue weighted by Crippen LogP contribution is 2.32. The summed E-state index contributed by atoms with van der Waals surface area (Å²) in [5.74, 6) is 0.194. The summed E-state index contributed by atoms with van der Waals surface area (Å²) in [6, 6.07) is 6.78. The molecule has 10 nitrogen and oxygen atoms in total. The number of fused-ring (bicyclic) bond motifs is 1. The summed E-state index contributed by atoms with van der Waals surface area (Å²) < 4.78 is 10.7. The van der Waals surface area contributed by atoms with E-state index >= 15 is 0 Å². The van der Waals surface area contributed by atoms with Crippen molar-refractivity contribution in [3.8, 4) is 17.1 Å². The van der Waals surface area contributed by atoms with Crippen molar-refractivity contribution >= 4 is 23.6 Å². The highest BCUT2D eigenvalue weighted by Gasteiger charge is 2.36. The summed E-state index contributed by atoms with van der Waals surface area (Å²) in [6.07, 6.45) is 2.02. The first-order valence-electron chi connectivity index (χ1n) is 9.13. The molecule has 3 heterocycles. The average Bonchev–Trinajstić information content (AvgIpc) is 3.41.